The lowest BCUT2D eigenvalue weighted by Crippen LogP contribution is -2.37. The molecule has 0 bridgehead atoms. The van der Waals surface area contributed by atoms with E-state index < -0.39 is 5.91 Å². The van der Waals surface area contributed by atoms with Gasteiger partial charge < -0.3 is 19.1 Å². The van der Waals surface area contributed by atoms with Crippen LogP contribution in [0, 0.1) is 0 Å². The molecule has 0 unspecified atom stereocenters. The molecule has 0 spiro atoms. The minimum absolute atomic E-state index is 0.194. The fourth-order valence-electron chi connectivity index (χ4n) is 2.54. The molecule has 142 valence electrons. The Hall–Kier alpha value is -3.20. The summed E-state index contributed by atoms with van der Waals surface area (Å²) in [5.41, 5.74) is 3.37. The quantitative estimate of drug-likeness (QED) is 0.600. The molecule has 3 rings (SSSR count). The van der Waals surface area contributed by atoms with E-state index in [2.05, 4.69) is 20.5 Å². The second-order valence-corrected chi connectivity index (χ2v) is 5.71. The van der Waals surface area contributed by atoms with Gasteiger partial charge in [-0.2, -0.15) is 5.10 Å². The third-order valence-electron chi connectivity index (χ3n) is 3.94. The van der Waals surface area contributed by atoms with Crippen molar-refractivity contribution in [2.45, 2.75) is 0 Å². The largest absolute Gasteiger partial charge is 0.497 e. The summed E-state index contributed by atoms with van der Waals surface area (Å²) >= 11 is 0. The SMILES string of the molecule is COc1cc(/C=N/NC(=O)c2cncc(N3CCOCC3)n2)cc(OC)c1. The zero-order chi connectivity index (χ0) is 19.1. The third-order valence-corrected chi connectivity index (χ3v) is 3.94. The predicted octanol–water partition coefficient (Wildman–Crippen LogP) is 1.09. The molecule has 27 heavy (non-hydrogen) atoms. The number of nitrogens with one attached hydrogen (secondary N) is 1. The molecule has 1 aromatic heterocycles. The molecular weight excluding hydrogens is 350 g/mol. The lowest BCUT2D eigenvalue weighted by Gasteiger charge is -2.27. The van der Waals surface area contributed by atoms with E-state index in [9.17, 15) is 4.79 Å². The summed E-state index contributed by atoms with van der Waals surface area (Å²) in [6.45, 7) is 2.70. The summed E-state index contributed by atoms with van der Waals surface area (Å²) in [6.07, 6.45) is 4.54. The van der Waals surface area contributed by atoms with E-state index >= 15 is 0 Å². The van der Waals surface area contributed by atoms with Crippen LogP contribution in [0.2, 0.25) is 0 Å². The maximum Gasteiger partial charge on any atom is 0.291 e. The number of hydrazone groups is 1. The fourth-order valence-corrected chi connectivity index (χ4v) is 2.54. The lowest BCUT2D eigenvalue weighted by molar-refractivity contribution is 0.0949. The van der Waals surface area contributed by atoms with Gasteiger partial charge in [0.2, 0.25) is 0 Å². The van der Waals surface area contributed by atoms with Crippen molar-refractivity contribution in [2.75, 3.05) is 45.4 Å². The van der Waals surface area contributed by atoms with Gasteiger partial charge in [0.25, 0.3) is 5.91 Å². The molecule has 1 fully saturated rings. The van der Waals surface area contributed by atoms with Crippen LogP contribution in [-0.2, 0) is 4.74 Å². The molecule has 1 aliphatic heterocycles. The van der Waals surface area contributed by atoms with Crippen molar-refractivity contribution in [3.63, 3.8) is 0 Å². The van der Waals surface area contributed by atoms with Gasteiger partial charge in [-0.05, 0) is 12.1 Å². The first-order valence-electron chi connectivity index (χ1n) is 8.41. The predicted molar refractivity (Wildman–Crippen MR) is 99.7 cm³/mol. The van der Waals surface area contributed by atoms with Gasteiger partial charge in [-0.3, -0.25) is 9.78 Å². The van der Waals surface area contributed by atoms with Crippen LogP contribution in [0.3, 0.4) is 0 Å². The molecule has 1 aromatic carbocycles. The lowest BCUT2D eigenvalue weighted by atomic mass is 10.2. The summed E-state index contributed by atoms with van der Waals surface area (Å²) < 4.78 is 15.7. The molecule has 9 nitrogen and oxygen atoms in total. The van der Waals surface area contributed by atoms with Gasteiger partial charge in [0.15, 0.2) is 5.69 Å². The highest BCUT2D eigenvalue weighted by atomic mass is 16.5. The number of rotatable bonds is 6. The molecule has 2 aromatic rings. The van der Waals surface area contributed by atoms with Crippen LogP contribution >= 0.6 is 0 Å². The second-order valence-electron chi connectivity index (χ2n) is 5.71. The van der Waals surface area contributed by atoms with E-state index in [4.69, 9.17) is 14.2 Å². The van der Waals surface area contributed by atoms with E-state index in [1.165, 1.54) is 12.4 Å². The zero-order valence-electron chi connectivity index (χ0n) is 15.2. The average Bonchev–Trinajstić information content (AvgIpc) is 2.74. The molecule has 0 saturated carbocycles. The number of nitrogens with zero attached hydrogens (tertiary/aromatic N) is 4. The molecule has 0 aliphatic carbocycles. The first kappa shape index (κ1) is 18.6. The Morgan fingerprint density at radius 1 is 1.19 bits per heavy atom. The van der Waals surface area contributed by atoms with Crippen LogP contribution in [0.5, 0.6) is 11.5 Å². The maximum atomic E-state index is 12.3. The summed E-state index contributed by atoms with van der Waals surface area (Å²) in [6, 6.07) is 5.30. The minimum atomic E-state index is -0.441. The number of anilines is 1. The number of aromatic nitrogens is 2. The van der Waals surface area contributed by atoms with Crippen molar-refractivity contribution in [2.24, 2.45) is 5.10 Å². The monoisotopic (exact) mass is 371 g/mol. The van der Waals surface area contributed by atoms with E-state index in [1.807, 2.05) is 4.90 Å². The summed E-state index contributed by atoms with van der Waals surface area (Å²) in [7, 11) is 3.13. The number of benzene rings is 1. The number of methoxy groups -OCH3 is 2. The summed E-state index contributed by atoms with van der Waals surface area (Å²) in [5, 5.41) is 3.97. The standard InChI is InChI=1S/C18H21N5O4/c1-25-14-7-13(8-15(9-14)26-2)10-20-22-18(24)16-11-19-12-17(21-16)23-3-5-27-6-4-23/h7-12H,3-6H2,1-2H3,(H,22,24)/b20-10+. The highest BCUT2D eigenvalue weighted by Crippen LogP contribution is 2.21. The zero-order valence-corrected chi connectivity index (χ0v) is 15.2. The molecule has 0 atom stereocenters. The van der Waals surface area contributed by atoms with Gasteiger partial charge in [-0.1, -0.05) is 0 Å². The minimum Gasteiger partial charge on any atom is -0.497 e. The van der Waals surface area contributed by atoms with E-state index in [1.54, 1.807) is 38.6 Å². The Kier molecular flexibility index (Phi) is 6.16. The number of ether oxygens (including phenoxy) is 3. The van der Waals surface area contributed by atoms with Crippen LogP contribution in [0.4, 0.5) is 5.82 Å². The second kappa shape index (κ2) is 8.95. The Morgan fingerprint density at radius 3 is 2.56 bits per heavy atom. The van der Waals surface area contributed by atoms with Gasteiger partial charge in [-0.15, -0.1) is 0 Å². The Labute approximate surface area is 157 Å². The Balaban J connectivity index is 1.66. The van der Waals surface area contributed by atoms with Gasteiger partial charge in [-0.25, -0.2) is 10.4 Å². The molecule has 1 N–H and O–H groups in total. The summed E-state index contributed by atoms with van der Waals surface area (Å²) in [4.78, 5) is 22.8. The van der Waals surface area contributed by atoms with Gasteiger partial charge in [0.1, 0.15) is 17.3 Å². The number of hydrogen-bond donors (Lipinski definition) is 1. The van der Waals surface area contributed by atoms with Crippen LogP contribution in [-0.4, -0.2) is 62.6 Å². The Morgan fingerprint density at radius 2 is 1.89 bits per heavy atom. The van der Waals surface area contributed by atoms with Crippen molar-refractivity contribution in [1.82, 2.24) is 15.4 Å². The highest BCUT2D eigenvalue weighted by Gasteiger charge is 2.15. The van der Waals surface area contributed by atoms with Gasteiger partial charge in [0, 0.05) is 24.7 Å². The molecular formula is C18H21N5O4. The smallest absolute Gasteiger partial charge is 0.291 e. The molecule has 2 heterocycles. The maximum absolute atomic E-state index is 12.3. The van der Waals surface area contributed by atoms with Crippen LogP contribution in [0.15, 0.2) is 35.7 Å². The van der Waals surface area contributed by atoms with Gasteiger partial charge in [0.05, 0.1) is 46.0 Å². The number of carbonyl (C=O) groups excluding carboxylic acids is 1. The molecule has 0 radical (unpaired) electrons. The number of morpholine rings is 1. The third kappa shape index (κ3) is 4.91. The Bertz CT molecular complexity index is 799. The van der Waals surface area contributed by atoms with Gasteiger partial charge >= 0.3 is 0 Å². The molecule has 1 saturated heterocycles. The van der Waals surface area contributed by atoms with Crippen molar-refractivity contribution in [3.05, 3.63) is 41.9 Å². The number of amides is 1. The molecule has 9 heteroatoms. The first-order chi connectivity index (χ1) is 13.2. The average molecular weight is 371 g/mol. The summed E-state index contributed by atoms with van der Waals surface area (Å²) in [5.74, 6) is 1.47. The van der Waals surface area contributed by atoms with Crippen LogP contribution in [0.1, 0.15) is 16.1 Å². The van der Waals surface area contributed by atoms with Crippen molar-refractivity contribution in [3.8, 4) is 11.5 Å². The number of hydrogen-bond acceptors (Lipinski definition) is 8. The topological polar surface area (TPSA) is 98.2 Å². The van der Waals surface area contributed by atoms with Crippen molar-refractivity contribution >= 4 is 17.9 Å². The van der Waals surface area contributed by atoms with E-state index in [0.29, 0.717) is 30.5 Å². The first-order valence-corrected chi connectivity index (χ1v) is 8.41. The van der Waals surface area contributed by atoms with Crippen LogP contribution in [0.25, 0.3) is 0 Å². The normalized spacial score (nSPS) is 14.2. The van der Waals surface area contributed by atoms with Crippen molar-refractivity contribution < 1.29 is 19.0 Å². The van der Waals surface area contributed by atoms with E-state index in [0.717, 1.165) is 18.7 Å². The fraction of sp³-hybridized carbons (Fsp3) is 0.333. The number of carbonyl (C=O) groups is 1. The molecule has 1 aliphatic rings. The molecule has 1 amide bonds. The highest BCUT2D eigenvalue weighted by molar-refractivity contribution is 5.93. The van der Waals surface area contributed by atoms with E-state index in [-0.39, 0.29) is 5.69 Å². The van der Waals surface area contributed by atoms with Crippen LogP contribution < -0.4 is 19.8 Å². The van der Waals surface area contributed by atoms with Crippen molar-refractivity contribution in [1.29, 1.82) is 0 Å².